The van der Waals surface area contributed by atoms with Crippen molar-refractivity contribution in [1.82, 2.24) is 5.32 Å². The van der Waals surface area contributed by atoms with E-state index >= 15 is 0 Å². The lowest BCUT2D eigenvalue weighted by atomic mass is 10.2. The van der Waals surface area contributed by atoms with Gasteiger partial charge in [0.2, 0.25) is 0 Å². The first kappa shape index (κ1) is 11.5. The molecule has 0 unspecified atom stereocenters. The van der Waals surface area contributed by atoms with Crippen molar-refractivity contribution in [2.24, 2.45) is 0 Å². The predicted octanol–water partition coefficient (Wildman–Crippen LogP) is 3.22. The molecule has 0 aromatic heterocycles. The van der Waals surface area contributed by atoms with E-state index in [2.05, 4.69) is 5.32 Å². The molecule has 5 heteroatoms. The third kappa shape index (κ3) is 2.58. The van der Waals surface area contributed by atoms with Crippen molar-refractivity contribution in [1.29, 1.82) is 0 Å². The second kappa shape index (κ2) is 4.89. The summed E-state index contributed by atoms with van der Waals surface area (Å²) in [5.41, 5.74) is 0.969. The maximum atomic E-state index is 5.92. The molecule has 0 saturated carbocycles. The SMILES string of the molecule is ClC[C@@H]1CN[C@@H](c2ccc(Cl)c(Cl)c2)O1. The summed E-state index contributed by atoms with van der Waals surface area (Å²) in [5, 5.41) is 4.30. The molecule has 1 N–H and O–H groups in total. The molecule has 2 atom stereocenters. The third-order valence-electron chi connectivity index (χ3n) is 2.28. The molecule has 0 amide bonds. The number of halogens is 3. The summed E-state index contributed by atoms with van der Waals surface area (Å²) in [5.74, 6) is 0.491. The average molecular weight is 267 g/mol. The van der Waals surface area contributed by atoms with Crippen molar-refractivity contribution >= 4 is 34.8 Å². The highest BCUT2D eigenvalue weighted by atomic mass is 35.5. The smallest absolute Gasteiger partial charge is 0.134 e. The number of alkyl halides is 1. The van der Waals surface area contributed by atoms with Crippen molar-refractivity contribution in [3.8, 4) is 0 Å². The quantitative estimate of drug-likeness (QED) is 0.830. The molecule has 1 saturated heterocycles. The van der Waals surface area contributed by atoms with Crippen LogP contribution in [0.15, 0.2) is 18.2 Å². The summed E-state index contributed by atoms with van der Waals surface area (Å²) in [6.45, 7) is 0.758. The van der Waals surface area contributed by atoms with Crippen molar-refractivity contribution in [3.05, 3.63) is 33.8 Å². The Hall–Kier alpha value is 0.01000. The molecule has 0 radical (unpaired) electrons. The largest absolute Gasteiger partial charge is 0.353 e. The van der Waals surface area contributed by atoms with Crippen molar-refractivity contribution in [2.75, 3.05) is 12.4 Å². The summed E-state index contributed by atoms with van der Waals surface area (Å²) >= 11 is 17.5. The Morgan fingerprint density at radius 3 is 2.73 bits per heavy atom. The predicted molar refractivity (Wildman–Crippen MR) is 62.8 cm³/mol. The van der Waals surface area contributed by atoms with Gasteiger partial charge in [-0.15, -0.1) is 11.6 Å². The van der Waals surface area contributed by atoms with Gasteiger partial charge in [-0.25, -0.2) is 0 Å². The highest BCUT2D eigenvalue weighted by Crippen LogP contribution is 2.28. The van der Waals surface area contributed by atoms with Crippen LogP contribution in [0.4, 0.5) is 0 Å². The second-order valence-corrected chi connectivity index (χ2v) is 4.50. The van der Waals surface area contributed by atoms with E-state index < -0.39 is 0 Å². The Morgan fingerprint density at radius 2 is 2.13 bits per heavy atom. The van der Waals surface area contributed by atoms with Crippen molar-refractivity contribution in [3.63, 3.8) is 0 Å². The van der Waals surface area contributed by atoms with Crippen LogP contribution in [-0.4, -0.2) is 18.5 Å². The van der Waals surface area contributed by atoms with Gasteiger partial charge in [0.25, 0.3) is 0 Å². The van der Waals surface area contributed by atoms with E-state index in [1.165, 1.54) is 0 Å². The van der Waals surface area contributed by atoms with E-state index in [0.29, 0.717) is 15.9 Å². The lowest BCUT2D eigenvalue weighted by Gasteiger charge is -2.12. The highest BCUT2D eigenvalue weighted by Gasteiger charge is 2.25. The van der Waals surface area contributed by atoms with E-state index in [1.807, 2.05) is 6.07 Å². The van der Waals surface area contributed by atoms with Gasteiger partial charge in [-0.2, -0.15) is 0 Å². The zero-order chi connectivity index (χ0) is 10.8. The van der Waals surface area contributed by atoms with E-state index in [4.69, 9.17) is 39.5 Å². The van der Waals surface area contributed by atoms with Gasteiger partial charge in [-0.05, 0) is 17.7 Å². The van der Waals surface area contributed by atoms with Crippen LogP contribution in [0.25, 0.3) is 0 Å². The number of nitrogens with one attached hydrogen (secondary N) is 1. The first-order chi connectivity index (χ1) is 7.20. The Bertz CT molecular complexity index is 359. The van der Waals surface area contributed by atoms with E-state index in [9.17, 15) is 0 Å². The van der Waals surface area contributed by atoms with Gasteiger partial charge < -0.3 is 4.74 Å². The van der Waals surface area contributed by atoms with Crippen LogP contribution in [0, 0.1) is 0 Å². The monoisotopic (exact) mass is 265 g/mol. The third-order valence-corrected chi connectivity index (χ3v) is 3.36. The van der Waals surface area contributed by atoms with Crippen molar-refractivity contribution in [2.45, 2.75) is 12.3 Å². The molecule has 2 nitrogen and oxygen atoms in total. The van der Waals surface area contributed by atoms with Gasteiger partial charge in [-0.3, -0.25) is 5.32 Å². The minimum absolute atomic E-state index is 0.0612. The Kier molecular flexibility index (Phi) is 3.75. The topological polar surface area (TPSA) is 21.3 Å². The molecule has 1 heterocycles. The lowest BCUT2D eigenvalue weighted by Crippen LogP contribution is -2.15. The van der Waals surface area contributed by atoms with Gasteiger partial charge in [0.05, 0.1) is 16.1 Å². The molecule has 82 valence electrons. The van der Waals surface area contributed by atoms with Crippen LogP contribution < -0.4 is 5.32 Å². The summed E-state index contributed by atoms with van der Waals surface area (Å²) in [4.78, 5) is 0. The average Bonchev–Trinajstić information content (AvgIpc) is 2.70. The van der Waals surface area contributed by atoms with Gasteiger partial charge in [0, 0.05) is 12.4 Å². The van der Waals surface area contributed by atoms with Gasteiger partial charge >= 0.3 is 0 Å². The zero-order valence-electron chi connectivity index (χ0n) is 7.84. The van der Waals surface area contributed by atoms with E-state index in [0.717, 1.165) is 12.1 Å². The summed E-state index contributed by atoms with van der Waals surface area (Å²) < 4.78 is 5.65. The fourth-order valence-corrected chi connectivity index (χ4v) is 1.98. The number of hydrogen-bond acceptors (Lipinski definition) is 2. The number of ether oxygens (including phenoxy) is 1. The summed E-state index contributed by atoms with van der Waals surface area (Å²) in [6.07, 6.45) is -0.0744. The van der Waals surface area contributed by atoms with Crippen molar-refractivity contribution < 1.29 is 4.74 Å². The molecule has 1 aromatic rings. The number of benzene rings is 1. The number of hydrogen-bond donors (Lipinski definition) is 1. The van der Waals surface area contributed by atoms with Gasteiger partial charge in [0.1, 0.15) is 6.23 Å². The first-order valence-electron chi connectivity index (χ1n) is 4.60. The van der Waals surface area contributed by atoms with Crippen LogP contribution in [0.1, 0.15) is 11.8 Å². The van der Waals surface area contributed by atoms with Gasteiger partial charge in [-0.1, -0.05) is 29.3 Å². The lowest BCUT2D eigenvalue weighted by molar-refractivity contribution is 0.0528. The fraction of sp³-hybridized carbons (Fsp3) is 0.400. The van der Waals surface area contributed by atoms with Crippen LogP contribution in [0.2, 0.25) is 10.0 Å². The Balaban J connectivity index is 2.13. The molecule has 15 heavy (non-hydrogen) atoms. The normalized spacial score (nSPS) is 25.8. The molecular formula is C10H10Cl3NO. The summed E-state index contributed by atoms with van der Waals surface area (Å²) in [7, 11) is 0. The maximum Gasteiger partial charge on any atom is 0.134 e. The Labute approximate surface area is 103 Å². The summed E-state index contributed by atoms with van der Waals surface area (Å²) in [6, 6.07) is 5.46. The van der Waals surface area contributed by atoms with Crippen LogP contribution >= 0.6 is 34.8 Å². The molecule has 0 spiro atoms. The molecule has 0 bridgehead atoms. The molecule has 0 aliphatic carbocycles. The zero-order valence-corrected chi connectivity index (χ0v) is 10.1. The molecule has 1 aromatic carbocycles. The maximum absolute atomic E-state index is 5.92. The van der Waals surface area contributed by atoms with Crippen LogP contribution in [-0.2, 0) is 4.74 Å². The standard InChI is InChI=1S/C10H10Cl3NO/c11-4-7-5-14-10(15-7)6-1-2-8(12)9(13)3-6/h1-3,7,10,14H,4-5H2/t7-,10-/m1/s1. The fourth-order valence-electron chi connectivity index (χ4n) is 1.49. The molecular weight excluding hydrogens is 256 g/mol. The minimum atomic E-state index is -0.136. The molecule has 1 fully saturated rings. The first-order valence-corrected chi connectivity index (χ1v) is 5.89. The van der Waals surface area contributed by atoms with Crippen LogP contribution in [0.5, 0.6) is 0 Å². The van der Waals surface area contributed by atoms with Crippen LogP contribution in [0.3, 0.4) is 0 Å². The Morgan fingerprint density at radius 1 is 1.33 bits per heavy atom. The van der Waals surface area contributed by atoms with Gasteiger partial charge in [0.15, 0.2) is 0 Å². The van der Waals surface area contributed by atoms with E-state index in [1.54, 1.807) is 12.1 Å². The second-order valence-electron chi connectivity index (χ2n) is 3.37. The molecule has 1 aliphatic rings. The number of rotatable bonds is 2. The minimum Gasteiger partial charge on any atom is -0.353 e. The van der Waals surface area contributed by atoms with E-state index in [-0.39, 0.29) is 12.3 Å². The molecule has 1 aliphatic heterocycles. The molecule has 2 rings (SSSR count). The highest BCUT2D eigenvalue weighted by molar-refractivity contribution is 6.42.